The Kier molecular flexibility index (Phi) is 6.12. The van der Waals surface area contributed by atoms with Crippen molar-refractivity contribution in [1.29, 1.82) is 0 Å². The lowest BCUT2D eigenvalue weighted by Crippen LogP contribution is -2.17. The minimum absolute atomic E-state index is 0.268. The highest BCUT2D eigenvalue weighted by atomic mass is 16.5. The summed E-state index contributed by atoms with van der Waals surface area (Å²) in [7, 11) is 5.03. The molecule has 1 amide bonds. The molecule has 0 atom stereocenters. The van der Waals surface area contributed by atoms with Crippen molar-refractivity contribution in [3.8, 4) is 22.8 Å². The van der Waals surface area contributed by atoms with E-state index in [2.05, 4.69) is 15.5 Å². The molecule has 0 saturated carbocycles. The predicted octanol–water partition coefficient (Wildman–Crippen LogP) is 4.46. The molecule has 0 unspecified atom stereocenters. The quantitative estimate of drug-likeness (QED) is 0.368. The number of rotatable bonds is 7. The minimum atomic E-state index is -0.268. The fourth-order valence-corrected chi connectivity index (χ4v) is 4.37. The summed E-state index contributed by atoms with van der Waals surface area (Å²) < 4.78 is 14.4. The molecule has 0 spiro atoms. The molecule has 0 aliphatic heterocycles. The number of amides is 1. The lowest BCUT2D eigenvalue weighted by atomic mass is 10.0. The zero-order valence-electron chi connectivity index (χ0n) is 20.5. The molecule has 182 valence electrons. The van der Waals surface area contributed by atoms with Gasteiger partial charge in [0.05, 0.1) is 49.3 Å². The van der Waals surface area contributed by atoms with Gasteiger partial charge in [0.15, 0.2) is 17.1 Å². The van der Waals surface area contributed by atoms with E-state index in [1.165, 1.54) is 0 Å². The van der Waals surface area contributed by atoms with E-state index in [9.17, 15) is 4.79 Å². The van der Waals surface area contributed by atoms with Crippen LogP contribution in [0.15, 0.2) is 66.9 Å². The number of aromatic nitrogens is 5. The van der Waals surface area contributed by atoms with E-state index in [0.29, 0.717) is 40.8 Å². The van der Waals surface area contributed by atoms with Crippen LogP contribution in [0.1, 0.15) is 21.6 Å². The Balaban J connectivity index is 1.51. The molecule has 0 radical (unpaired) electrons. The second-order valence-corrected chi connectivity index (χ2v) is 8.31. The van der Waals surface area contributed by atoms with Gasteiger partial charge in [-0.25, -0.2) is 9.67 Å². The molecule has 36 heavy (non-hydrogen) atoms. The van der Waals surface area contributed by atoms with Gasteiger partial charge in [-0.05, 0) is 19.1 Å². The Morgan fingerprint density at radius 3 is 2.58 bits per heavy atom. The first kappa shape index (κ1) is 23.1. The van der Waals surface area contributed by atoms with Gasteiger partial charge in [0.2, 0.25) is 0 Å². The van der Waals surface area contributed by atoms with Crippen molar-refractivity contribution in [2.45, 2.75) is 13.5 Å². The molecular formula is C27H26N6O3. The van der Waals surface area contributed by atoms with Crippen LogP contribution in [0.4, 0.5) is 5.82 Å². The van der Waals surface area contributed by atoms with Crippen LogP contribution in [-0.4, -0.2) is 44.7 Å². The lowest BCUT2D eigenvalue weighted by molar-refractivity contribution is 0.102. The maximum atomic E-state index is 13.6. The number of benzene rings is 2. The summed E-state index contributed by atoms with van der Waals surface area (Å²) in [5, 5.41) is 12.7. The Hall–Kier alpha value is -4.66. The summed E-state index contributed by atoms with van der Waals surface area (Å²) in [4.78, 5) is 18.4. The molecule has 9 heteroatoms. The number of methoxy groups -OCH3 is 2. The van der Waals surface area contributed by atoms with Gasteiger partial charge in [-0.1, -0.05) is 42.5 Å². The van der Waals surface area contributed by atoms with Gasteiger partial charge < -0.3 is 14.8 Å². The van der Waals surface area contributed by atoms with Gasteiger partial charge in [0, 0.05) is 24.2 Å². The Morgan fingerprint density at radius 1 is 1.03 bits per heavy atom. The van der Waals surface area contributed by atoms with E-state index >= 15 is 0 Å². The fourth-order valence-electron chi connectivity index (χ4n) is 4.37. The molecule has 2 aromatic carbocycles. The molecule has 0 saturated heterocycles. The number of aryl methyl sites for hydroxylation is 2. The van der Waals surface area contributed by atoms with Crippen molar-refractivity contribution in [1.82, 2.24) is 24.5 Å². The maximum Gasteiger partial charge on any atom is 0.257 e. The average molecular weight is 483 g/mol. The van der Waals surface area contributed by atoms with Crippen LogP contribution in [-0.2, 0) is 13.6 Å². The van der Waals surface area contributed by atoms with Crippen LogP contribution in [0.2, 0.25) is 0 Å². The first-order valence-corrected chi connectivity index (χ1v) is 11.4. The summed E-state index contributed by atoms with van der Waals surface area (Å²) in [6.45, 7) is 2.26. The topological polar surface area (TPSA) is 96.1 Å². The number of nitrogens with one attached hydrogen (secondary N) is 1. The normalized spacial score (nSPS) is 11.0. The fraction of sp³-hybridized carbons (Fsp3) is 0.185. The molecule has 0 fully saturated rings. The minimum Gasteiger partial charge on any atom is -0.493 e. The van der Waals surface area contributed by atoms with E-state index in [1.807, 2.05) is 68.6 Å². The first-order chi connectivity index (χ1) is 17.5. The van der Waals surface area contributed by atoms with Crippen molar-refractivity contribution >= 4 is 22.8 Å². The van der Waals surface area contributed by atoms with Crippen LogP contribution >= 0.6 is 0 Å². The molecular weight excluding hydrogens is 456 g/mol. The summed E-state index contributed by atoms with van der Waals surface area (Å²) >= 11 is 0. The molecule has 0 bridgehead atoms. The van der Waals surface area contributed by atoms with Gasteiger partial charge in [-0.2, -0.15) is 10.2 Å². The van der Waals surface area contributed by atoms with E-state index in [4.69, 9.17) is 14.5 Å². The second-order valence-electron chi connectivity index (χ2n) is 8.31. The smallest absolute Gasteiger partial charge is 0.257 e. The summed E-state index contributed by atoms with van der Waals surface area (Å²) in [6, 6.07) is 19.0. The highest BCUT2D eigenvalue weighted by Crippen LogP contribution is 2.32. The first-order valence-electron chi connectivity index (χ1n) is 11.4. The molecule has 5 rings (SSSR count). The number of carbonyl (C=O) groups excluding carboxylic acids is 1. The lowest BCUT2D eigenvalue weighted by Gasteiger charge is -2.14. The van der Waals surface area contributed by atoms with Crippen LogP contribution in [0, 0.1) is 6.92 Å². The largest absolute Gasteiger partial charge is 0.493 e. The van der Waals surface area contributed by atoms with E-state index in [-0.39, 0.29) is 5.91 Å². The predicted molar refractivity (Wildman–Crippen MR) is 138 cm³/mol. The number of hydrogen-bond donors (Lipinski definition) is 1. The standard InChI is InChI=1S/C27H26N6O3/c1-17-24-20(15-21(18-9-6-5-7-10-18)29-26(24)32(2)31-17)27(34)30-23-13-14-28-33(23)16-19-11-8-12-22(35-3)25(19)36-4/h5-15H,16H2,1-4H3,(H,30,34). The molecule has 1 N–H and O–H groups in total. The third kappa shape index (κ3) is 4.15. The zero-order valence-corrected chi connectivity index (χ0v) is 20.5. The van der Waals surface area contributed by atoms with Crippen LogP contribution in [0.25, 0.3) is 22.3 Å². The SMILES string of the molecule is COc1cccc(Cn2nccc2NC(=O)c2cc(-c3ccccc3)nc3c2c(C)nn3C)c1OC. The van der Waals surface area contributed by atoms with Gasteiger partial charge in [-0.15, -0.1) is 0 Å². The third-order valence-corrected chi connectivity index (χ3v) is 6.05. The summed E-state index contributed by atoms with van der Waals surface area (Å²) in [6.07, 6.45) is 1.65. The maximum absolute atomic E-state index is 13.6. The van der Waals surface area contributed by atoms with E-state index in [0.717, 1.165) is 22.2 Å². The molecule has 0 aliphatic carbocycles. The molecule has 5 aromatic rings. The Bertz CT molecular complexity index is 1560. The average Bonchev–Trinajstić information content (AvgIpc) is 3.46. The van der Waals surface area contributed by atoms with Crippen molar-refractivity contribution in [2.75, 3.05) is 19.5 Å². The van der Waals surface area contributed by atoms with Crippen LogP contribution < -0.4 is 14.8 Å². The molecule has 3 aromatic heterocycles. The van der Waals surface area contributed by atoms with Crippen molar-refractivity contribution < 1.29 is 14.3 Å². The number of fused-ring (bicyclic) bond motifs is 1. The summed E-state index contributed by atoms with van der Waals surface area (Å²) in [5.41, 5.74) is 4.37. The highest BCUT2D eigenvalue weighted by molar-refractivity contribution is 6.13. The monoisotopic (exact) mass is 482 g/mol. The summed E-state index contributed by atoms with van der Waals surface area (Å²) in [5.74, 6) is 1.54. The van der Waals surface area contributed by atoms with Gasteiger partial charge in [0.25, 0.3) is 5.91 Å². The molecule has 0 aliphatic rings. The Morgan fingerprint density at radius 2 is 1.83 bits per heavy atom. The number of para-hydroxylation sites is 1. The van der Waals surface area contributed by atoms with Crippen molar-refractivity contribution in [3.05, 3.63) is 83.7 Å². The van der Waals surface area contributed by atoms with E-state index < -0.39 is 0 Å². The number of pyridine rings is 1. The Labute approximate surface area is 208 Å². The van der Waals surface area contributed by atoms with Crippen LogP contribution in [0.3, 0.4) is 0 Å². The number of carbonyl (C=O) groups is 1. The molecule has 3 heterocycles. The van der Waals surface area contributed by atoms with Gasteiger partial charge in [-0.3, -0.25) is 9.48 Å². The van der Waals surface area contributed by atoms with Gasteiger partial charge in [0.1, 0.15) is 5.82 Å². The number of ether oxygens (including phenoxy) is 2. The third-order valence-electron chi connectivity index (χ3n) is 6.05. The number of anilines is 1. The zero-order chi connectivity index (χ0) is 25.2. The van der Waals surface area contributed by atoms with Gasteiger partial charge >= 0.3 is 0 Å². The van der Waals surface area contributed by atoms with Crippen molar-refractivity contribution in [2.24, 2.45) is 7.05 Å². The number of hydrogen-bond acceptors (Lipinski definition) is 6. The van der Waals surface area contributed by atoms with Crippen LogP contribution in [0.5, 0.6) is 11.5 Å². The van der Waals surface area contributed by atoms with E-state index in [1.54, 1.807) is 35.8 Å². The molecule has 9 nitrogen and oxygen atoms in total. The number of nitrogens with zero attached hydrogens (tertiary/aromatic N) is 5. The highest BCUT2D eigenvalue weighted by Gasteiger charge is 2.21. The van der Waals surface area contributed by atoms with Crippen molar-refractivity contribution in [3.63, 3.8) is 0 Å². The second kappa shape index (κ2) is 9.53.